The van der Waals surface area contributed by atoms with E-state index in [1.165, 1.54) is 19.3 Å². The molecule has 1 saturated heterocycles. The normalized spacial score (nSPS) is 17.6. The fourth-order valence-corrected chi connectivity index (χ4v) is 3.25. The van der Waals surface area contributed by atoms with Gasteiger partial charge in [0.15, 0.2) is 0 Å². The van der Waals surface area contributed by atoms with Crippen molar-refractivity contribution in [3.8, 4) is 0 Å². The SMILES string of the molecule is COCCCN(CCOC)C(=O)c1ccnc(N2CCCC[C@@H]2C)c1. The zero-order chi connectivity index (χ0) is 18.1. The van der Waals surface area contributed by atoms with Crippen LogP contribution in [0.4, 0.5) is 5.82 Å². The van der Waals surface area contributed by atoms with Gasteiger partial charge in [-0.3, -0.25) is 4.79 Å². The Kier molecular flexibility index (Phi) is 8.15. The molecule has 1 atom stereocenters. The first-order chi connectivity index (χ1) is 12.2. The molecule has 1 aliphatic rings. The van der Waals surface area contributed by atoms with Gasteiger partial charge in [-0.2, -0.15) is 0 Å². The molecule has 1 fully saturated rings. The average molecular weight is 349 g/mol. The van der Waals surface area contributed by atoms with Crippen LogP contribution in [0, 0.1) is 0 Å². The van der Waals surface area contributed by atoms with Crippen LogP contribution in [0.5, 0.6) is 0 Å². The standard InChI is InChI=1S/C19H31N3O3/c1-16-7-4-5-11-22(16)18-15-17(8-9-20-18)19(23)21(12-14-25-3)10-6-13-24-2/h8-9,15-16H,4-7,10-14H2,1-3H3/t16-/m0/s1. The summed E-state index contributed by atoms with van der Waals surface area (Å²) in [5.41, 5.74) is 0.691. The summed E-state index contributed by atoms with van der Waals surface area (Å²) in [4.78, 5) is 21.6. The Bertz CT molecular complexity index is 538. The highest BCUT2D eigenvalue weighted by atomic mass is 16.5. The van der Waals surface area contributed by atoms with E-state index in [1.54, 1.807) is 26.5 Å². The van der Waals surface area contributed by atoms with E-state index in [-0.39, 0.29) is 5.91 Å². The fourth-order valence-electron chi connectivity index (χ4n) is 3.25. The predicted octanol–water partition coefficient (Wildman–Crippen LogP) is 2.59. The molecule has 2 rings (SSSR count). The number of amides is 1. The number of methoxy groups -OCH3 is 2. The van der Waals surface area contributed by atoms with Crippen molar-refractivity contribution >= 4 is 11.7 Å². The molecule has 0 spiro atoms. The summed E-state index contributed by atoms with van der Waals surface area (Å²) in [5.74, 6) is 0.933. The molecule has 0 saturated carbocycles. The summed E-state index contributed by atoms with van der Waals surface area (Å²) in [5, 5.41) is 0. The van der Waals surface area contributed by atoms with Crippen LogP contribution in [0.25, 0.3) is 0 Å². The number of rotatable bonds is 9. The number of hydrogen-bond donors (Lipinski definition) is 0. The molecule has 0 unspecified atom stereocenters. The van der Waals surface area contributed by atoms with Gasteiger partial charge in [0.25, 0.3) is 5.91 Å². The molecule has 0 aromatic carbocycles. The largest absolute Gasteiger partial charge is 0.385 e. The van der Waals surface area contributed by atoms with Gasteiger partial charge < -0.3 is 19.3 Å². The number of hydrogen-bond acceptors (Lipinski definition) is 5. The van der Waals surface area contributed by atoms with Crippen LogP contribution in [-0.2, 0) is 9.47 Å². The van der Waals surface area contributed by atoms with Crippen molar-refractivity contribution in [2.45, 2.75) is 38.6 Å². The van der Waals surface area contributed by atoms with Crippen LogP contribution in [-0.4, -0.2) is 68.9 Å². The number of piperidine rings is 1. The number of nitrogens with zero attached hydrogens (tertiary/aromatic N) is 3. The topological polar surface area (TPSA) is 54.9 Å². The molecule has 6 heteroatoms. The summed E-state index contributed by atoms with van der Waals surface area (Å²) in [6.07, 6.45) is 6.18. The molecule has 140 valence electrons. The minimum absolute atomic E-state index is 0.0291. The lowest BCUT2D eigenvalue weighted by Crippen LogP contribution is -2.38. The number of pyridine rings is 1. The Hall–Kier alpha value is -1.66. The van der Waals surface area contributed by atoms with Gasteiger partial charge in [0.1, 0.15) is 5.82 Å². The number of carbonyl (C=O) groups excluding carboxylic acids is 1. The van der Waals surface area contributed by atoms with Crippen molar-refractivity contribution in [2.75, 3.05) is 52.0 Å². The Balaban J connectivity index is 2.11. The van der Waals surface area contributed by atoms with Crippen molar-refractivity contribution in [1.29, 1.82) is 0 Å². The Morgan fingerprint density at radius 3 is 2.80 bits per heavy atom. The fraction of sp³-hybridized carbons (Fsp3) is 0.684. The molecule has 2 heterocycles. The van der Waals surface area contributed by atoms with Gasteiger partial charge in [0.05, 0.1) is 6.61 Å². The van der Waals surface area contributed by atoms with Crippen molar-refractivity contribution in [1.82, 2.24) is 9.88 Å². The molecular formula is C19H31N3O3. The summed E-state index contributed by atoms with van der Waals surface area (Å²) < 4.78 is 10.3. The average Bonchev–Trinajstić information content (AvgIpc) is 2.64. The molecule has 1 aromatic rings. The van der Waals surface area contributed by atoms with Gasteiger partial charge in [0.2, 0.25) is 0 Å². The third kappa shape index (κ3) is 5.68. The molecule has 1 aliphatic heterocycles. The van der Waals surface area contributed by atoms with Gasteiger partial charge in [-0.15, -0.1) is 0 Å². The van der Waals surface area contributed by atoms with E-state index in [9.17, 15) is 4.79 Å². The summed E-state index contributed by atoms with van der Waals surface area (Å²) in [7, 11) is 3.33. The van der Waals surface area contributed by atoms with Crippen molar-refractivity contribution in [2.24, 2.45) is 0 Å². The highest BCUT2D eigenvalue weighted by Crippen LogP contribution is 2.23. The molecule has 0 bridgehead atoms. The Morgan fingerprint density at radius 1 is 1.28 bits per heavy atom. The number of aromatic nitrogens is 1. The molecule has 1 amide bonds. The minimum atomic E-state index is 0.0291. The second-order valence-electron chi connectivity index (χ2n) is 6.57. The monoisotopic (exact) mass is 349 g/mol. The van der Waals surface area contributed by atoms with Gasteiger partial charge >= 0.3 is 0 Å². The van der Waals surface area contributed by atoms with Crippen molar-refractivity contribution in [3.05, 3.63) is 23.9 Å². The summed E-state index contributed by atoms with van der Waals surface area (Å²) >= 11 is 0. The van der Waals surface area contributed by atoms with Crippen LogP contribution in [0.3, 0.4) is 0 Å². The van der Waals surface area contributed by atoms with Gasteiger partial charge in [-0.05, 0) is 44.7 Å². The molecule has 0 aliphatic carbocycles. The number of anilines is 1. The third-order valence-corrected chi connectivity index (χ3v) is 4.72. The predicted molar refractivity (Wildman–Crippen MR) is 99.2 cm³/mol. The van der Waals surface area contributed by atoms with E-state index in [1.807, 2.05) is 11.0 Å². The van der Waals surface area contributed by atoms with Gasteiger partial charge in [0, 0.05) is 58.3 Å². The zero-order valence-electron chi connectivity index (χ0n) is 15.7. The smallest absolute Gasteiger partial charge is 0.254 e. The molecule has 6 nitrogen and oxygen atoms in total. The van der Waals surface area contributed by atoms with Crippen LogP contribution < -0.4 is 4.90 Å². The van der Waals surface area contributed by atoms with Crippen LogP contribution in [0.15, 0.2) is 18.3 Å². The maximum absolute atomic E-state index is 12.9. The van der Waals surface area contributed by atoms with E-state index in [2.05, 4.69) is 16.8 Å². The maximum atomic E-state index is 12.9. The van der Waals surface area contributed by atoms with E-state index >= 15 is 0 Å². The van der Waals surface area contributed by atoms with Crippen molar-refractivity contribution < 1.29 is 14.3 Å². The third-order valence-electron chi connectivity index (χ3n) is 4.72. The summed E-state index contributed by atoms with van der Waals surface area (Å²) in [6, 6.07) is 4.20. The van der Waals surface area contributed by atoms with Crippen LogP contribution >= 0.6 is 0 Å². The van der Waals surface area contributed by atoms with Crippen LogP contribution in [0.1, 0.15) is 43.0 Å². The van der Waals surface area contributed by atoms with Crippen LogP contribution in [0.2, 0.25) is 0 Å². The van der Waals surface area contributed by atoms with Gasteiger partial charge in [-0.25, -0.2) is 4.98 Å². The molecule has 1 aromatic heterocycles. The Morgan fingerprint density at radius 2 is 2.08 bits per heavy atom. The molecule has 0 N–H and O–H groups in total. The number of carbonyl (C=O) groups is 1. The van der Waals surface area contributed by atoms with E-state index in [4.69, 9.17) is 9.47 Å². The molecule has 25 heavy (non-hydrogen) atoms. The molecule has 0 radical (unpaired) electrons. The van der Waals surface area contributed by atoms with Crippen molar-refractivity contribution in [3.63, 3.8) is 0 Å². The molecular weight excluding hydrogens is 318 g/mol. The highest BCUT2D eigenvalue weighted by molar-refractivity contribution is 5.94. The lowest BCUT2D eigenvalue weighted by molar-refractivity contribution is 0.0674. The summed E-state index contributed by atoms with van der Waals surface area (Å²) in [6.45, 7) is 5.64. The van der Waals surface area contributed by atoms with E-state index < -0.39 is 0 Å². The lowest BCUT2D eigenvalue weighted by Gasteiger charge is -2.34. The Labute approximate surface area is 151 Å². The second-order valence-corrected chi connectivity index (χ2v) is 6.57. The number of ether oxygens (including phenoxy) is 2. The van der Waals surface area contributed by atoms with Gasteiger partial charge in [-0.1, -0.05) is 0 Å². The lowest BCUT2D eigenvalue weighted by atomic mass is 10.0. The zero-order valence-corrected chi connectivity index (χ0v) is 15.7. The quantitative estimate of drug-likeness (QED) is 0.642. The first-order valence-electron chi connectivity index (χ1n) is 9.17. The maximum Gasteiger partial charge on any atom is 0.254 e. The highest BCUT2D eigenvalue weighted by Gasteiger charge is 2.22. The first kappa shape index (κ1) is 19.7. The second kappa shape index (κ2) is 10.4. The van der Waals surface area contributed by atoms with E-state index in [0.29, 0.717) is 37.9 Å². The van der Waals surface area contributed by atoms with E-state index in [0.717, 1.165) is 18.8 Å². The first-order valence-corrected chi connectivity index (χ1v) is 9.17. The minimum Gasteiger partial charge on any atom is -0.385 e.